The van der Waals surface area contributed by atoms with Crippen LogP contribution in [0.3, 0.4) is 0 Å². The van der Waals surface area contributed by atoms with Gasteiger partial charge in [0, 0.05) is 17.9 Å². The first kappa shape index (κ1) is 34.3. The van der Waals surface area contributed by atoms with E-state index in [2.05, 4.69) is 21.2 Å². The fraction of sp³-hybridized carbons (Fsp3) is 0.441. The topological polar surface area (TPSA) is 103 Å². The van der Waals surface area contributed by atoms with Crippen molar-refractivity contribution in [3.05, 3.63) is 57.9 Å². The van der Waals surface area contributed by atoms with Crippen LogP contribution >= 0.6 is 27.3 Å². The van der Waals surface area contributed by atoms with Gasteiger partial charge in [-0.2, -0.15) is 0 Å². The SMILES string of the molecule is CCOc1ccc(NC(=O)N(CC2CCCCC2)c2cccc(-c3sc(C(=O)OC)c(OCC(=O)OC(C)(C)C)c3Br)c2)cc1. The van der Waals surface area contributed by atoms with E-state index in [1.807, 2.05) is 55.5 Å². The van der Waals surface area contributed by atoms with E-state index in [-0.39, 0.29) is 23.3 Å². The number of anilines is 2. The molecule has 0 atom stereocenters. The number of nitrogens with one attached hydrogen (secondary N) is 1. The number of esters is 2. The van der Waals surface area contributed by atoms with Gasteiger partial charge in [-0.3, -0.25) is 4.90 Å². The number of ether oxygens (including phenoxy) is 4. The molecule has 11 heteroatoms. The number of hydrogen-bond donors (Lipinski definition) is 1. The highest BCUT2D eigenvalue weighted by atomic mass is 79.9. The average Bonchev–Trinajstić information content (AvgIpc) is 3.35. The van der Waals surface area contributed by atoms with Crippen LogP contribution in [-0.2, 0) is 14.3 Å². The summed E-state index contributed by atoms with van der Waals surface area (Å²) in [6.07, 6.45) is 5.68. The normalized spacial score (nSPS) is 13.6. The van der Waals surface area contributed by atoms with Gasteiger partial charge in [-0.25, -0.2) is 14.4 Å². The standard InChI is InChI=1S/C34H41BrN2O7S/c1-6-42-26-17-15-24(16-18-26)36-33(40)37(20-22-11-8-7-9-12-22)25-14-10-13-23(19-25)30-28(35)29(31(45-30)32(39)41-5)43-21-27(38)44-34(2,3)4/h10,13-19,22H,6-9,11-12,20-21H2,1-5H3,(H,36,40). The van der Waals surface area contributed by atoms with Crippen LogP contribution in [0, 0.1) is 5.92 Å². The Morgan fingerprint density at radius 1 is 1.02 bits per heavy atom. The van der Waals surface area contributed by atoms with Gasteiger partial charge in [0.15, 0.2) is 17.2 Å². The van der Waals surface area contributed by atoms with Crippen molar-refractivity contribution in [2.75, 3.05) is 37.1 Å². The molecule has 2 amide bonds. The van der Waals surface area contributed by atoms with Gasteiger partial charge in [-0.15, -0.1) is 11.3 Å². The Labute approximate surface area is 277 Å². The monoisotopic (exact) mass is 700 g/mol. The molecule has 1 saturated carbocycles. The van der Waals surface area contributed by atoms with E-state index in [4.69, 9.17) is 18.9 Å². The molecule has 0 bridgehead atoms. The number of rotatable bonds is 11. The third-order valence-corrected chi connectivity index (χ3v) is 9.40. The first-order valence-corrected chi connectivity index (χ1v) is 16.8. The molecule has 45 heavy (non-hydrogen) atoms. The molecule has 1 heterocycles. The van der Waals surface area contributed by atoms with E-state index in [0.29, 0.717) is 34.1 Å². The number of thiophene rings is 1. The van der Waals surface area contributed by atoms with Crippen molar-refractivity contribution in [2.24, 2.45) is 5.92 Å². The van der Waals surface area contributed by atoms with Crippen molar-refractivity contribution < 1.29 is 33.3 Å². The largest absolute Gasteiger partial charge is 0.494 e. The third kappa shape index (κ3) is 9.46. The summed E-state index contributed by atoms with van der Waals surface area (Å²) in [5, 5.41) is 3.05. The maximum atomic E-state index is 13.8. The van der Waals surface area contributed by atoms with Crippen LogP contribution in [0.25, 0.3) is 10.4 Å². The highest BCUT2D eigenvalue weighted by Gasteiger charge is 2.28. The first-order valence-electron chi connectivity index (χ1n) is 15.2. The Morgan fingerprint density at radius 3 is 2.38 bits per heavy atom. The van der Waals surface area contributed by atoms with Gasteiger partial charge >= 0.3 is 18.0 Å². The quantitative estimate of drug-likeness (QED) is 0.200. The highest BCUT2D eigenvalue weighted by Crippen LogP contribution is 2.46. The van der Waals surface area contributed by atoms with Crippen LogP contribution in [0.4, 0.5) is 16.2 Å². The van der Waals surface area contributed by atoms with Gasteiger partial charge in [0.25, 0.3) is 0 Å². The van der Waals surface area contributed by atoms with Crippen molar-refractivity contribution in [3.63, 3.8) is 0 Å². The Hall–Kier alpha value is -3.57. The minimum Gasteiger partial charge on any atom is -0.494 e. The molecule has 2 aromatic carbocycles. The van der Waals surface area contributed by atoms with Gasteiger partial charge in [-0.05, 0) is 104 Å². The summed E-state index contributed by atoms with van der Waals surface area (Å²) in [6, 6.07) is 14.7. The minimum absolute atomic E-state index is 0.199. The lowest BCUT2D eigenvalue weighted by Crippen LogP contribution is -2.39. The van der Waals surface area contributed by atoms with Crippen LogP contribution in [0.5, 0.6) is 11.5 Å². The van der Waals surface area contributed by atoms with Gasteiger partial charge in [0.1, 0.15) is 11.4 Å². The number of nitrogens with zero attached hydrogens (tertiary/aromatic N) is 1. The first-order chi connectivity index (χ1) is 21.5. The predicted octanol–water partition coefficient (Wildman–Crippen LogP) is 8.70. The van der Waals surface area contributed by atoms with E-state index < -0.39 is 17.5 Å². The summed E-state index contributed by atoms with van der Waals surface area (Å²) in [5.74, 6) is 0.184. The number of amides is 2. The average molecular weight is 702 g/mol. The molecule has 4 rings (SSSR count). The van der Waals surface area contributed by atoms with Gasteiger partial charge in [0.2, 0.25) is 0 Å². The highest BCUT2D eigenvalue weighted by molar-refractivity contribution is 9.10. The van der Waals surface area contributed by atoms with Crippen molar-refractivity contribution in [3.8, 4) is 21.9 Å². The van der Waals surface area contributed by atoms with Crippen LogP contribution in [0.1, 0.15) is 69.5 Å². The summed E-state index contributed by atoms with van der Waals surface area (Å²) in [6.45, 7) is 8.00. The lowest BCUT2D eigenvalue weighted by Gasteiger charge is -2.30. The molecule has 1 aromatic heterocycles. The molecule has 0 saturated heterocycles. The Balaban J connectivity index is 1.64. The number of urea groups is 1. The summed E-state index contributed by atoms with van der Waals surface area (Å²) in [5.41, 5.74) is 1.48. The second kappa shape index (κ2) is 15.6. The summed E-state index contributed by atoms with van der Waals surface area (Å²) < 4.78 is 22.2. The molecule has 0 radical (unpaired) electrons. The molecule has 9 nitrogen and oxygen atoms in total. The molecule has 3 aromatic rings. The molecule has 1 aliphatic rings. The number of benzene rings is 2. The Kier molecular flexibility index (Phi) is 11.9. The summed E-state index contributed by atoms with van der Waals surface area (Å²) in [7, 11) is 1.29. The summed E-state index contributed by atoms with van der Waals surface area (Å²) >= 11 is 4.78. The maximum Gasteiger partial charge on any atom is 0.351 e. The molecule has 0 aliphatic heterocycles. The second-order valence-corrected chi connectivity index (χ2v) is 13.6. The van der Waals surface area contributed by atoms with Gasteiger partial charge < -0.3 is 24.3 Å². The molecule has 1 N–H and O–H groups in total. The lowest BCUT2D eigenvalue weighted by molar-refractivity contribution is -0.157. The van der Waals surface area contributed by atoms with E-state index in [1.54, 1.807) is 25.7 Å². The summed E-state index contributed by atoms with van der Waals surface area (Å²) in [4.78, 5) is 41.6. The van der Waals surface area contributed by atoms with Gasteiger partial charge in [-0.1, -0.05) is 31.4 Å². The minimum atomic E-state index is -0.675. The second-order valence-electron chi connectivity index (χ2n) is 11.8. The molecule has 0 unspecified atom stereocenters. The van der Waals surface area contributed by atoms with E-state index in [1.165, 1.54) is 24.9 Å². The number of carbonyl (C=O) groups is 3. The third-order valence-electron chi connectivity index (χ3n) is 7.18. The zero-order chi connectivity index (χ0) is 32.6. The molecule has 242 valence electrons. The zero-order valence-electron chi connectivity index (χ0n) is 26.4. The Bertz CT molecular complexity index is 1480. The number of halogens is 1. The van der Waals surface area contributed by atoms with E-state index in [9.17, 15) is 14.4 Å². The molecular weight excluding hydrogens is 660 g/mol. The predicted molar refractivity (Wildman–Crippen MR) is 181 cm³/mol. The van der Waals surface area contributed by atoms with Crippen LogP contribution in [0.15, 0.2) is 53.0 Å². The van der Waals surface area contributed by atoms with E-state index >= 15 is 0 Å². The molecule has 1 aliphatic carbocycles. The zero-order valence-corrected chi connectivity index (χ0v) is 28.8. The number of hydrogen-bond acceptors (Lipinski definition) is 8. The lowest BCUT2D eigenvalue weighted by atomic mass is 9.89. The fourth-order valence-corrected chi connectivity index (χ4v) is 7.15. The van der Waals surface area contributed by atoms with Crippen LogP contribution in [-0.4, -0.2) is 50.4 Å². The maximum absolute atomic E-state index is 13.8. The molecule has 1 fully saturated rings. The van der Waals surface area contributed by atoms with Crippen molar-refractivity contribution >= 4 is 56.6 Å². The van der Waals surface area contributed by atoms with Gasteiger partial charge in [0.05, 0.1) is 23.1 Å². The van der Waals surface area contributed by atoms with Crippen LogP contribution < -0.4 is 19.7 Å². The number of methoxy groups -OCH3 is 1. The smallest absolute Gasteiger partial charge is 0.351 e. The molecular formula is C34H41BrN2O7S. The molecule has 0 spiro atoms. The van der Waals surface area contributed by atoms with Crippen molar-refractivity contribution in [1.29, 1.82) is 0 Å². The van der Waals surface area contributed by atoms with Crippen molar-refractivity contribution in [1.82, 2.24) is 0 Å². The van der Waals surface area contributed by atoms with E-state index in [0.717, 1.165) is 42.7 Å². The van der Waals surface area contributed by atoms with Crippen LogP contribution in [0.2, 0.25) is 0 Å². The van der Waals surface area contributed by atoms with Crippen molar-refractivity contribution in [2.45, 2.75) is 65.4 Å². The Morgan fingerprint density at radius 2 is 1.73 bits per heavy atom. The number of carbonyl (C=O) groups excluding carboxylic acids is 3. The fourth-order valence-electron chi connectivity index (χ4n) is 5.18.